The van der Waals surface area contributed by atoms with Crippen LogP contribution in [0.5, 0.6) is 0 Å². The molecule has 1 fully saturated rings. The molecule has 122 valence electrons. The Morgan fingerprint density at radius 3 is 2.54 bits per heavy atom. The molecule has 0 spiro atoms. The highest BCUT2D eigenvalue weighted by molar-refractivity contribution is 6.07. The molecule has 0 radical (unpaired) electrons. The molecule has 0 unspecified atom stereocenters. The van der Waals surface area contributed by atoms with E-state index in [1.807, 2.05) is 53.4 Å². The van der Waals surface area contributed by atoms with Crippen LogP contribution in [0.15, 0.2) is 48.5 Å². The smallest absolute Gasteiger partial charge is 0.258 e. The average Bonchev–Trinajstić information content (AvgIpc) is 3.45. The van der Waals surface area contributed by atoms with Crippen molar-refractivity contribution in [1.82, 2.24) is 5.32 Å². The maximum absolute atomic E-state index is 12.8. The third-order valence-electron chi connectivity index (χ3n) is 4.64. The Balaban J connectivity index is 1.60. The minimum Gasteiger partial charge on any atom is -0.349 e. The van der Waals surface area contributed by atoms with Gasteiger partial charge in [0.05, 0.1) is 0 Å². The molecule has 2 amide bonds. The zero-order valence-electron chi connectivity index (χ0n) is 13.5. The Hall–Kier alpha value is -2.62. The van der Waals surface area contributed by atoms with Gasteiger partial charge in [-0.05, 0) is 61.6 Å². The SMILES string of the molecule is O=C(NC1CC1)c1ccc2c(c1)CCCN2C(=O)c1ccccc1. The molecule has 0 aromatic heterocycles. The molecule has 2 aromatic carbocycles. The van der Waals surface area contributed by atoms with Crippen LogP contribution in [0, 0.1) is 0 Å². The number of aryl methyl sites for hydroxylation is 1. The number of carbonyl (C=O) groups is 2. The van der Waals surface area contributed by atoms with E-state index in [0.717, 1.165) is 36.9 Å². The summed E-state index contributed by atoms with van der Waals surface area (Å²) in [6, 6.07) is 15.4. The first-order valence-electron chi connectivity index (χ1n) is 8.53. The van der Waals surface area contributed by atoms with E-state index in [2.05, 4.69) is 5.32 Å². The van der Waals surface area contributed by atoms with Gasteiger partial charge in [-0.15, -0.1) is 0 Å². The van der Waals surface area contributed by atoms with Crippen LogP contribution in [0.1, 0.15) is 45.5 Å². The third kappa shape index (κ3) is 2.92. The fraction of sp³-hybridized carbons (Fsp3) is 0.300. The summed E-state index contributed by atoms with van der Waals surface area (Å²) < 4.78 is 0. The summed E-state index contributed by atoms with van der Waals surface area (Å²) in [5, 5.41) is 3.02. The Morgan fingerprint density at radius 1 is 1.00 bits per heavy atom. The van der Waals surface area contributed by atoms with Gasteiger partial charge in [0.1, 0.15) is 0 Å². The van der Waals surface area contributed by atoms with Crippen LogP contribution in [0.25, 0.3) is 0 Å². The van der Waals surface area contributed by atoms with Gasteiger partial charge in [-0.3, -0.25) is 9.59 Å². The molecular weight excluding hydrogens is 300 g/mol. The summed E-state index contributed by atoms with van der Waals surface area (Å²) >= 11 is 0. The van der Waals surface area contributed by atoms with Gasteiger partial charge < -0.3 is 10.2 Å². The lowest BCUT2D eigenvalue weighted by atomic mass is 9.98. The molecular formula is C20H20N2O2. The molecule has 1 aliphatic carbocycles. The van der Waals surface area contributed by atoms with E-state index in [-0.39, 0.29) is 11.8 Å². The van der Waals surface area contributed by atoms with Crippen LogP contribution in [-0.2, 0) is 6.42 Å². The molecule has 4 rings (SSSR count). The van der Waals surface area contributed by atoms with Gasteiger partial charge in [0, 0.05) is 29.4 Å². The van der Waals surface area contributed by atoms with Gasteiger partial charge in [-0.1, -0.05) is 18.2 Å². The van der Waals surface area contributed by atoms with Crippen molar-refractivity contribution < 1.29 is 9.59 Å². The highest BCUT2D eigenvalue weighted by Crippen LogP contribution is 2.30. The van der Waals surface area contributed by atoms with Crippen LogP contribution in [0.4, 0.5) is 5.69 Å². The first kappa shape index (κ1) is 14.9. The van der Waals surface area contributed by atoms with Crippen molar-refractivity contribution in [3.63, 3.8) is 0 Å². The molecule has 0 saturated heterocycles. The lowest BCUT2D eigenvalue weighted by Gasteiger charge is -2.30. The second-order valence-corrected chi connectivity index (χ2v) is 6.52. The van der Waals surface area contributed by atoms with E-state index in [1.54, 1.807) is 0 Å². The second-order valence-electron chi connectivity index (χ2n) is 6.52. The quantitative estimate of drug-likeness (QED) is 0.944. The first-order chi connectivity index (χ1) is 11.7. The molecule has 1 saturated carbocycles. The predicted octanol–water partition coefficient (Wildman–Crippen LogP) is 3.17. The number of anilines is 1. The van der Waals surface area contributed by atoms with Gasteiger partial charge in [0.15, 0.2) is 0 Å². The van der Waals surface area contributed by atoms with Crippen LogP contribution in [-0.4, -0.2) is 24.4 Å². The Bertz CT molecular complexity index is 781. The Labute approximate surface area is 141 Å². The van der Waals surface area contributed by atoms with E-state index in [1.165, 1.54) is 0 Å². The fourth-order valence-corrected chi connectivity index (χ4v) is 3.18. The normalized spacial score (nSPS) is 16.4. The predicted molar refractivity (Wildman–Crippen MR) is 93.4 cm³/mol. The number of benzene rings is 2. The first-order valence-corrected chi connectivity index (χ1v) is 8.53. The number of carbonyl (C=O) groups excluding carboxylic acids is 2. The van der Waals surface area contributed by atoms with E-state index in [9.17, 15) is 9.59 Å². The van der Waals surface area contributed by atoms with Crippen LogP contribution >= 0.6 is 0 Å². The van der Waals surface area contributed by atoms with Crippen molar-refractivity contribution >= 4 is 17.5 Å². The molecule has 2 aliphatic rings. The summed E-state index contributed by atoms with van der Waals surface area (Å²) in [5.74, 6) is 0.0125. The van der Waals surface area contributed by atoms with E-state index >= 15 is 0 Å². The number of hydrogen-bond acceptors (Lipinski definition) is 2. The number of amides is 2. The van der Waals surface area contributed by atoms with Crippen molar-refractivity contribution in [3.8, 4) is 0 Å². The molecule has 2 aromatic rings. The number of hydrogen-bond donors (Lipinski definition) is 1. The third-order valence-corrected chi connectivity index (χ3v) is 4.64. The zero-order valence-corrected chi connectivity index (χ0v) is 13.5. The minimum absolute atomic E-state index is 0.00758. The van der Waals surface area contributed by atoms with Crippen molar-refractivity contribution in [3.05, 3.63) is 65.2 Å². The number of rotatable bonds is 3. The van der Waals surface area contributed by atoms with E-state index in [0.29, 0.717) is 23.7 Å². The second kappa shape index (κ2) is 6.11. The monoisotopic (exact) mass is 320 g/mol. The number of nitrogens with zero attached hydrogens (tertiary/aromatic N) is 1. The molecule has 1 N–H and O–H groups in total. The van der Waals surface area contributed by atoms with Crippen molar-refractivity contribution in [2.45, 2.75) is 31.7 Å². The van der Waals surface area contributed by atoms with Crippen LogP contribution in [0.3, 0.4) is 0 Å². The van der Waals surface area contributed by atoms with Gasteiger partial charge in [0.2, 0.25) is 0 Å². The molecule has 0 bridgehead atoms. The summed E-state index contributed by atoms with van der Waals surface area (Å²) in [6.45, 7) is 0.717. The van der Waals surface area contributed by atoms with Crippen molar-refractivity contribution in [2.24, 2.45) is 0 Å². The molecule has 4 nitrogen and oxygen atoms in total. The van der Waals surface area contributed by atoms with E-state index in [4.69, 9.17) is 0 Å². The topological polar surface area (TPSA) is 49.4 Å². The average molecular weight is 320 g/mol. The molecule has 4 heteroatoms. The lowest BCUT2D eigenvalue weighted by molar-refractivity contribution is 0.0950. The highest BCUT2D eigenvalue weighted by Gasteiger charge is 2.26. The number of fused-ring (bicyclic) bond motifs is 1. The fourth-order valence-electron chi connectivity index (χ4n) is 3.18. The zero-order chi connectivity index (χ0) is 16.5. The van der Waals surface area contributed by atoms with Crippen molar-refractivity contribution in [2.75, 3.05) is 11.4 Å². The van der Waals surface area contributed by atoms with Gasteiger partial charge in [0.25, 0.3) is 11.8 Å². The molecule has 1 aliphatic heterocycles. The molecule has 24 heavy (non-hydrogen) atoms. The Kier molecular flexibility index (Phi) is 3.81. The number of nitrogens with one attached hydrogen (secondary N) is 1. The molecule has 1 heterocycles. The van der Waals surface area contributed by atoms with E-state index < -0.39 is 0 Å². The summed E-state index contributed by atoms with van der Waals surface area (Å²) in [7, 11) is 0. The highest BCUT2D eigenvalue weighted by atomic mass is 16.2. The standard InChI is InChI=1S/C20H20N2O2/c23-19(21-17-9-10-17)16-8-11-18-15(13-16)7-4-12-22(18)20(24)14-5-2-1-3-6-14/h1-3,5-6,8,11,13,17H,4,7,9-10,12H2,(H,21,23). The van der Waals surface area contributed by atoms with Crippen LogP contribution in [0.2, 0.25) is 0 Å². The summed E-state index contributed by atoms with van der Waals surface area (Å²) in [4.78, 5) is 26.8. The maximum atomic E-state index is 12.8. The van der Waals surface area contributed by atoms with Crippen molar-refractivity contribution in [1.29, 1.82) is 0 Å². The Morgan fingerprint density at radius 2 is 1.79 bits per heavy atom. The summed E-state index contributed by atoms with van der Waals surface area (Å²) in [5.41, 5.74) is 3.39. The maximum Gasteiger partial charge on any atom is 0.258 e. The van der Waals surface area contributed by atoms with Gasteiger partial charge in [-0.25, -0.2) is 0 Å². The lowest BCUT2D eigenvalue weighted by Crippen LogP contribution is -2.35. The largest absolute Gasteiger partial charge is 0.349 e. The summed E-state index contributed by atoms with van der Waals surface area (Å²) in [6.07, 6.45) is 3.98. The minimum atomic E-state index is -0.00758. The van der Waals surface area contributed by atoms with Gasteiger partial charge >= 0.3 is 0 Å². The van der Waals surface area contributed by atoms with Crippen LogP contribution < -0.4 is 10.2 Å². The molecule has 0 atom stereocenters. The van der Waals surface area contributed by atoms with Gasteiger partial charge in [-0.2, -0.15) is 0 Å².